The Hall–Kier alpha value is -1.00. The third-order valence-electron chi connectivity index (χ3n) is 2.15. The summed E-state index contributed by atoms with van der Waals surface area (Å²) in [6, 6.07) is 6.48. The monoisotopic (exact) mass is 226 g/mol. The summed E-state index contributed by atoms with van der Waals surface area (Å²) in [6.45, 7) is 4.26. The first kappa shape index (κ1) is 12.1. The number of halogens is 1. The number of nitrogens with two attached hydrogens (primary N) is 1. The van der Waals surface area contributed by atoms with Crippen LogP contribution in [0.4, 0.5) is 4.39 Å². The number of hydrogen-bond donors (Lipinski definition) is 1. The van der Waals surface area contributed by atoms with Gasteiger partial charge in [0.25, 0.3) is 0 Å². The molecule has 15 heavy (non-hydrogen) atoms. The molecule has 82 valence electrons. The smallest absolute Gasteiger partial charge is 0.123 e. The second-order valence-electron chi connectivity index (χ2n) is 3.40. The first-order valence-corrected chi connectivity index (χ1v) is 5.27. The minimum atomic E-state index is -0.212. The summed E-state index contributed by atoms with van der Waals surface area (Å²) in [7, 11) is 0. The largest absolute Gasteiger partial charge is 0.392 e. The van der Waals surface area contributed by atoms with Gasteiger partial charge in [0.15, 0.2) is 0 Å². The van der Waals surface area contributed by atoms with E-state index in [0.717, 1.165) is 18.7 Å². The van der Waals surface area contributed by atoms with Gasteiger partial charge in [0, 0.05) is 13.1 Å². The highest BCUT2D eigenvalue weighted by Crippen LogP contribution is 2.06. The van der Waals surface area contributed by atoms with E-state index in [-0.39, 0.29) is 5.82 Å². The van der Waals surface area contributed by atoms with Crippen LogP contribution in [-0.2, 0) is 6.54 Å². The Bertz CT molecular complexity index is 324. The third-order valence-corrected chi connectivity index (χ3v) is 2.28. The maximum atomic E-state index is 12.7. The van der Waals surface area contributed by atoms with E-state index in [1.54, 1.807) is 12.1 Å². The lowest BCUT2D eigenvalue weighted by molar-refractivity contribution is 0.321. The van der Waals surface area contributed by atoms with Crippen LogP contribution in [0.5, 0.6) is 0 Å². The van der Waals surface area contributed by atoms with Gasteiger partial charge in [-0.05, 0) is 24.2 Å². The Morgan fingerprint density at radius 3 is 2.47 bits per heavy atom. The molecule has 0 spiro atoms. The first-order chi connectivity index (χ1) is 7.11. The number of benzene rings is 1. The molecule has 0 aliphatic heterocycles. The molecule has 0 unspecified atom stereocenters. The van der Waals surface area contributed by atoms with E-state index in [0.29, 0.717) is 11.5 Å². The van der Waals surface area contributed by atoms with Gasteiger partial charge in [-0.1, -0.05) is 31.3 Å². The van der Waals surface area contributed by atoms with Gasteiger partial charge in [0.05, 0.1) is 4.99 Å². The molecule has 0 saturated heterocycles. The summed E-state index contributed by atoms with van der Waals surface area (Å²) >= 11 is 4.85. The van der Waals surface area contributed by atoms with Crippen LogP contribution in [0.15, 0.2) is 24.3 Å². The molecule has 2 N–H and O–H groups in total. The maximum Gasteiger partial charge on any atom is 0.123 e. The van der Waals surface area contributed by atoms with Crippen molar-refractivity contribution in [3.05, 3.63) is 35.6 Å². The molecule has 0 saturated carbocycles. The fraction of sp³-hybridized carbons (Fsp3) is 0.364. The summed E-state index contributed by atoms with van der Waals surface area (Å²) in [5.74, 6) is -0.212. The molecular formula is C11H15FN2S. The Balaban J connectivity index is 2.58. The van der Waals surface area contributed by atoms with Gasteiger partial charge < -0.3 is 5.73 Å². The van der Waals surface area contributed by atoms with Gasteiger partial charge in [-0.25, -0.2) is 4.39 Å². The van der Waals surface area contributed by atoms with Gasteiger partial charge in [-0.3, -0.25) is 4.90 Å². The highest BCUT2D eigenvalue weighted by atomic mass is 32.1. The van der Waals surface area contributed by atoms with E-state index in [9.17, 15) is 4.39 Å². The zero-order valence-corrected chi connectivity index (χ0v) is 9.56. The molecule has 2 nitrogen and oxygen atoms in total. The van der Waals surface area contributed by atoms with Crippen LogP contribution < -0.4 is 5.73 Å². The number of nitrogens with zero attached hydrogens (tertiary/aromatic N) is 1. The van der Waals surface area contributed by atoms with Crippen LogP contribution in [-0.4, -0.2) is 23.0 Å². The van der Waals surface area contributed by atoms with Crippen LogP contribution in [0.1, 0.15) is 12.5 Å². The molecule has 0 atom stereocenters. The molecule has 0 bridgehead atoms. The Morgan fingerprint density at radius 1 is 1.40 bits per heavy atom. The molecule has 1 aromatic carbocycles. The molecule has 0 radical (unpaired) electrons. The SMILES string of the molecule is CCN(CC(N)=S)Cc1ccc(F)cc1. The summed E-state index contributed by atoms with van der Waals surface area (Å²) in [5.41, 5.74) is 6.54. The van der Waals surface area contributed by atoms with Crippen molar-refractivity contribution >= 4 is 17.2 Å². The van der Waals surface area contributed by atoms with E-state index in [1.807, 2.05) is 6.92 Å². The number of thiocarbonyl (C=S) groups is 1. The fourth-order valence-corrected chi connectivity index (χ4v) is 1.53. The van der Waals surface area contributed by atoms with Gasteiger partial charge in [0.1, 0.15) is 5.82 Å². The second-order valence-corrected chi connectivity index (χ2v) is 3.92. The summed E-state index contributed by atoms with van der Waals surface area (Å²) in [6.07, 6.45) is 0. The predicted octanol–water partition coefficient (Wildman–Crippen LogP) is 1.93. The second kappa shape index (κ2) is 5.78. The van der Waals surface area contributed by atoms with Crippen LogP contribution in [0.25, 0.3) is 0 Å². The molecule has 0 fully saturated rings. The predicted molar refractivity (Wildman–Crippen MR) is 64.1 cm³/mol. The molecule has 1 aromatic rings. The van der Waals surface area contributed by atoms with Gasteiger partial charge in [0.2, 0.25) is 0 Å². The van der Waals surface area contributed by atoms with Crippen molar-refractivity contribution in [2.24, 2.45) is 5.73 Å². The highest BCUT2D eigenvalue weighted by molar-refractivity contribution is 7.80. The molecule has 0 aliphatic rings. The molecule has 0 aromatic heterocycles. The fourth-order valence-electron chi connectivity index (χ4n) is 1.35. The lowest BCUT2D eigenvalue weighted by Crippen LogP contribution is -2.32. The molecule has 4 heteroatoms. The zero-order valence-electron chi connectivity index (χ0n) is 8.74. The standard InChI is InChI=1S/C11H15FN2S/c1-2-14(8-11(13)15)7-9-3-5-10(12)6-4-9/h3-6H,2,7-8H2,1H3,(H2,13,15). The Kier molecular flexibility index (Phi) is 4.65. The average molecular weight is 226 g/mol. The Labute approximate surface area is 94.9 Å². The lowest BCUT2D eigenvalue weighted by atomic mass is 10.2. The van der Waals surface area contributed by atoms with Crippen molar-refractivity contribution < 1.29 is 4.39 Å². The highest BCUT2D eigenvalue weighted by Gasteiger charge is 2.04. The van der Waals surface area contributed by atoms with Crippen molar-refractivity contribution in [3.8, 4) is 0 Å². The van der Waals surface area contributed by atoms with Crippen LogP contribution in [0.2, 0.25) is 0 Å². The van der Waals surface area contributed by atoms with E-state index < -0.39 is 0 Å². The summed E-state index contributed by atoms with van der Waals surface area (Å²) in [4.78, 5) is 2.59. The van der Waals surface area contributed by atoms with Crippen molar-refractivity contribution in [2.45, 2.75) is 13.5 Å². The third kappa shape index (κ3) is 4.36. The van der Waals surface area contributed by atoms with E-state index in [1.165, 1.54) is 12.1 Å². The molecule has 1 rings (SSSR count). The lowest BCUT2D eigenvalue weighted by Gasteiger charge is -2.19. The van der Waals surface area contributed by atoms with E-state index in [4.69, 9.17) is 18.0 Å². The average Bonchev–Trinajstić information content (AvgIpc) is 2.19. The maximum absolute atomic E-state index is 12.7. The van der Waals surface area contributed by atoms with Crippen LogP contribution in [0.3, 0.4) is 0 Å². The van der Waals surface area contributed by atoms with Crippen molar-refractivity contribution in [1.82, 2.24) is 4.90 Å². The molecule has 0 amide bonds. The quantitative estimate of drug-likeness (QED) is 0.778. The van der Waals surface area contributed by atoms with Crippen LogP contribution >= 0.6 is 12.2 Å². The van der Waals surface area contributed by atoms with Crippen molar-refractivity contribution in [1.29, 1.82) is 0 Å². The van der Waals surface area contributed by atoms with Gasteiger partial charge in [-0.15, -0.1) is 0 Å². The zero-order chi connectivity index (χ0) is 11.3. The van der Waals surface area contributed by atoms with Gasteiger partial charge >= 0.3 is 0 Å². The van der Waals surface area contributed by atoms with Crippen LogP contribution in [0, 0.1) is 5.82 Å². The number of hydrogen-bond acceptors (Lipinski definition) is 2. The number of likely N-dealkylation sites (N-methyl/N-ethyl adjacent to an activating group) is 1. The topological polar surface area (TPSA) is 29.3 Å². The van der Waals surface area contributed by atoms with Gasteiger partial charge in [-0.2, -0.15) is 0 Å². The first-order valence-electron chi connectivity index (χ1n) is 4.87. The summed E-state index contributed by atoms with van der Waals surface area (Å²) < 4.78 is 12.7. The summed E-state index contributed by atoms with van der Waals surface area (Å²) in [5, 5.41) is 0. The van der Waals surface area contributed by atoms with E-state index in [2.05, 4.69) is 4.90 Å². The van der Waals surface area contributed by atoms with Crippen molar-refractivity contribution in [3.63, 3.8) is 0 Å². The van der Waals surface area contributed by atoms with Crippen molar-refractivity contribution in [2.75, 3.05) is 13.1 Å². The Morgan fingerprint density at radius 2 is 2.00 bits per heavy atom. The molecule has 0 aliphatic carbocycles. The number of rotatable bonds is 5. The molecule has 0 heterocycles. The minimum absolute atomic E-state index is 0.212. The normalized spacial score (nSPS) is 10.6. The van der Waals surface area contributed by atoms with E-state index >= 15 is 0 Å². The molecular weight excluding hydrogens is 211 g/mol. The minimum Gasteiger partial charge on any atom is -0.392 e.